The molecule has 1 heterocycles. The first-order valence-corrected chi connectivity index (χ1v) is 11.3. The molecule has 1 aromatic heterocycles. The Morgan fingerprint density at radius 2 is 1.72 bits per heavy atom. The second-order valence-corrected chi connectivity index (χ2v) is 8.47. The van der Waals surface area contributed by atoms with Crippen molar-refractivity contribution in [2.45, 2.75) is 19.8 Å². The molecule has 0 bridgehead atoms. The van der Waals surface area contributed by atoms with Crippen molar-refractivity contribution in [1.82, 2.24) is 4.98 Å². The van der Waals surface area contributed by atoms with Crippen LogP contribution in [0.1, 0.15) is 25.3 Å². The Balaban J connectivity index is 1.45. The van der Waals surface area contributed by atoms with Gasteiger partial charge in [-0.05, 0) is 69.0 Å². The number of amides is 2. The van der Waals surface area contributed by atoms with Crippen molar-refractivity contribution in [3.63, 3.8) is 0 Å². The van der Waals surface area contributed by atoms with Gasteiger partial charge in [-0.15, -0.1) is 0 Å². The summed E-state index contributed by atoms with van der Waals surface area (Å²) in [6.07, 6.45) is 3.75. The van der Waals surface area contributed by atoms with Crippen molar-refractivity contribution in [2.75, 3.05) is 10.6 Å². The summed E-state index contributed by atoms with van der Waals surface area (Å²) < 4.78 is 33.7. The number of nitrogens with zero attached hydrogens (tertiary/aromatic N) is 2. The molecule has 184 valence electrons. The summed E-state index contributed by atoms with van der Waals surface area (Å²) in [6, 6.07) is 10.6. The second kappa shape index (κ2) is 10.2. The molecule has 2 amide bonds. The monoisotopic (exact) mass is 510 g/mol. The number of ether oxygens (including phenoxy) is 1. The molecule has 3 aromatic rings. The molecule has 0 aliphatic heterocycles. The minimum absolute atomic E-state index is 0.0961. The Hall–Kier alpha value is -4.11. The zero-order chi connectivity index (χ0) is 25.9. The zero-order valence-corrected chi connectivity index (χ0v) is 19.9. The maximum Gasteiger partial charge on any atom is 0.240 e. The van der Waals surface area contributed by atoms with Gasteiger partial charge in [0.2, 0.25) is 11.8 Å². The van der Waals surface area contributed by atoms with Crippen LogP contribution in [-0.2, 0) is 9.59 Å². The van der Waals surface area contributed by atoms with E-state index in [1.807, 2.05) is 0 Å². The number of rotatable bonds is 8. The molecule has 2 N–H and O–H groups in total. The van der Waals surface area contributed by atoms with Crippen LogP contribution in [0.2, 0.25) is 5.15 Å². The van der Waals surface area contributed by atoms with Gasteiger partial charge in [-0.25, -0.2) is 13.8 Å². The summed E-state index contributed by atoms with van der Waals surface area (Å²) >= 11 is 5.90. The van der Waals surface area contributed by atoms with E-state index in [0.717, 1.165) is 6.07 Å². The van der Waals surface area contributed by atoms with Gasteiger partial charge in [-0.2, -0.15) is 0 Å². The first-order valence-electron chi connectivity index (χ1n) is 10.9. The number of hydrogen-bond donors (Lipinski definition) is 2. The highest BCUT2D eigenvalue weighted by Gasteiger charge is 2.56. The van der Waals surface area contributed by atoms with Crippen LogP contribution in [0.4, 0.5) is 25.8 Å². The standard InChI is InChI=1S/C26H21ClF2N4O3/c1-3-21(18-14-31-23(27)13-20(18)30-2)36-22-9-8-17(12-19(22)29)33-25(35)26(10-11-26)24(34)32-16-6-4-15(28)5-7-16/h3-9,12-14H,2,10-11H2,1H3,(H,32,34)(H,33,35)/b21-3+. The number of nitrogens with one attached hydrogen (secondary N) is 2. The van der Waals surface area contributed by atoms with E-state index in [9.17, 15) is 18.4 Å². The van der Waals surface area contributed by atoms with Crippen molar-refractivity contribution >= 4 is 53.0 Å². The molecule has 1 saturated carbocycles. The molecular weight excluding hydrogens is 490 g/mol. The van der Waals surface area contributed by atoms with Crippen LogP contribution in [0, 0.1) is 17.0 Å². The molecule has 7 nitrogen and oxygen atoms in total. The molecule has 0 radical (unpaired) electrons. The van der Waals surface area contributed by atoms with Gasteiger partial charge in [0.15, 0.2) is 11.6 Å². The summed E-state index contributed by atoms with van der Waals surface area (Å²) in [6.45, 7) is 5.20. The van der Waals surface area contributed by atoms with E-state index < -0.39 is 28.9 Å². The quantitative estimate of drug-likeness (QED) is 0.165. The lowest BCUT2D eigenvalue weighted by molar-refractivity contribution is -0.131. The average molecular weight is 511 g/mol. The lowest BCUT2D eigenvalue weighted by Crippen LogP contribution is -2.35. The van der Waals surface area contributed by atoms with E-state index in [1.165, 1.54) is 48.7 Å². The summed E-state index contributed by atoms with van der Waals surface area (Å²) in [5.41, 5.74) is 0.152. The molecule has 0 spiro atoms. The SMILES string of the molecule is C=Nc1cc(Cl)ncc1/C(=C\C)Oc1ccc(NC(=O)C2(C(=O)Nc3ccc(F)cc3)CC2)cc1F. The molecule has 36 heavy (non-hydrogen) atoms. The van der Waals surface area contributed by atoms with Gasteiger partial charge < -0.3 is 15.4 Å². The topological polar surface area (TPSA) is 92.7 Å². The fourth-order valence-corrected chi connectivity index (χ4v) is 3.66. The third kappa shape index (κ3) is 5.26. The summed E-state index contributed by atoms with van der Waals surface area (Å²) in [5.74, 6) is -2.05. The van der Waals surface area contributed by atoms with Gasteiger partial charge in [-0.3, -0.25) is 14.6 Å². The maximum atomic E-state index is 14.9. The highest BCUT2D eigenvalue weighted by atomic mass is 35.5. The van der Waals surface area contributed by atoms with E-state index in [-0.39, 0.29) is 22.3 Å². The molecule has 1 aliphatic rings. The minimum Gasteiger partial charge on any atom is -0.454 e. The smallest absolute Gasteiger partial charge is 0.240 e. The number of aliphatic imine (C=N–C) groups is 1. The van der Waals surface area contributed by atoms with Crippen molar-refractivity contribution < 1.29 is 23.1 Å². The molecule has 0 saturated heterocycles. The highest BCUT2D eigenvalue weighted by molar-refractivity contribution is 6.29. The number of carbonyl (C=O) groups excluding carboxylic acids is 2. The molecule has 1 fully saturated rings. The fourth-order valence-electron chi connectivity index (χ4n) is 3.51. The van der Waals surface area contributed by atoms with Crippen molar-refractivity contribution in [2.24, 2.45) is 10.4 Å². The number of benzene rings is 2. The van der Waals surface area contributed by atoms with Gasteiger partial charge in [0.05, 0.1) is 11.3 Å². The number of aromatic nitrogens is 1. The van der Waals surface area contributed by atoms with E-state index in [2.05, 4.69) is 27.3 Å². The third-order valence-corrected chi connectivity index (χ3v) is 5.88. The zero-order valence-electron chi connectivity index (χ0n) is 19.1. The number of allylic oxidation sites excluding steroid dienone is 1. The predicted molar refractivity (Wildman–Crippen MR) is 134 cm³/mol. The normalized spacial score (nSPS) is 14.1. The number of hydrogen-bond acceptors (Lipinski definition) is 5. The molecule has 0 unspecified atom stereocenters. The Bertz CT molecular complexity index is 1370. The van der Waals surface area contributed by atoms with Crippen LogP contribution in [0.3, 0.4) is 0 Å². The van der Waals surface area contributed by atoms with E-state index in [4.69, 9.17) is 16.3 Å². The Labute approximate surface area is 210 Å². The van der Waals surface area contributed by atoms with Gasteiger partial charge in [0, 0.05) is 29.7 Å². The number of anilines is 2. The fraction of sp³-hybridized carbons (Fsp3) is 0.154. The molecule has 4 rings (SSSR count). The van der Waals surface area contributed by atoms with Crippen molar-refractivity contribution in [1.29, 1.82) is 0 Å². The van der Waals surface area contributed by atoms with Crippen molar-refractivity contribution in [3.8, 4) is 5.75 Å². The van der Waals surface area contributed by atoms with E-state index in [0.29, 0.717) is 29.8 Å². The largest absolute Gasteiger partial charge is 0.454 e. The maximum absolute atomic E-state index is 14.9. The molecule has 1 aliphatic carbocycles. The second-order valence-electron chi connectivity index (χ2n) is 8.08. The van der Waals surface area contributed by atoms with Crippen LogP contribution < -0.4 is 15.4 Å². The van der Waals surface area contributed by atoms with Crippen molar-refractivity contribution in [3.05, 3.63) is 83.2 Å². The molecule has 10 heteroatoms. The Morgan fingerprint density at radius 1 is 1.08 bits per heavy atom. The van der Waals surface area contributed by atoms with E-state index in [1.54, 1.807) is 13.0 Å². The Morgan fingerprint density at radius 3 is 2.31 bits per heavy atom. The molecule has 2 aromatic carbocycles. The lowest BCUT2D eigenvalue weighted by atomic mass is 10.0. The highest BCUT2D eigenvalue weighted by Crippen LogP contribution is 2.47. The van der Waals surface area contributed by atoms with Crippen LogP contribution >= 0.6 is 11.6 Å². The summed E-state index contributed by atoms with van der Waals surface area (Å²) in [4.78, 5) is 33.5. The number of pyridine rings is 1. The molecular formula is C26H21ClF2N4O3. The van der Waals surface area contributed by atoms with Crippen LogP contribution in [0.25, 0.3) is 5.76 Å². The van der Waals surface area contributed by atoms with Gasteiger partial charge in [0.25, 0.3) is 0 Å². The number of carbonyl (C=O) groups is 2. The first kappa shape index (κ1) is 25.0. The predicted octanol–water partition coefficient (Wildman–Crippen LogP) is 6.14. The van der Waals surface area contributed by atoms with Gasteiger partial charge >= 0.3 is 0 Å². The van der Waals surface area contributed by atoms with Gasteiger partial charge in [-0.1, -0.05) is 11.6 Å². The van der Waals surface area contributed by atoms with E-state index >= 15 is 0 Å². The van der Waals surface area contributed by atoms with Crippen LogP contribution in [-0.4, -0.2) is 23.5 Å². The summed E-state index contributed by atoms with van der Waals surface area (Å²) in [7, 11) is 0. The lowest BCUT2D eigenvalue weighted by Gasteiger charge is -2.16. The number of halogens is 3. The van der Waals surface area contributed by atoms with Crippen LogP contribution in [0.5, 0.6) is 5.75 Å². The van der Waals surface area contributed by atoms with Gasteiger partial charge in [0.1, 0.15) is 22.1 Å². The Kier molecular flexibility index (Phi) is 7.12. The third-order valence-electron chi connectivity index (χ3n) is 5.68. The summed E-state index contributed by atoms with van der Waals surface area (Å²) in [5, 5.41) is 5.44. The first-order chi connectivity index (χ1) is 17.3. The van der Waals surface area contributed by atoms with Crippen LogP contribution in [0.15, 0.2) is 65.8 Å². The molecule has 0 atom stereocenters. The average Bonchev–Trinajstić information content (AvgIpc) is 3.68. The minimum atomic E-state index is -1.27.